The molecular weight excluding hydrogens is 264 g/mol. The van der Waals surface area contributed by atoms with Gasteiger partial charge in [-0.15, -0.1) is 0 Å². The van der Waals surface area contributed by atoms with Gasteiger partial charge in [-0.3, -0.25) is 0 Å². The maximum atomic E-state index is 6.03. The molecule has 0 radical (unpaired) electrons. The Labute approximate surface area is 128 Å². The van der Waals surface area contributed by atoms with Crippen LogP contribution in [0.3, 0.4) is 0 Å². The summed E-state index contributed by atoms with van der Waals surface area (Å²) in [6, 6.07) is 6.05. The summed E-state index contributed by atoms with van der Waals surface area (Å²) in [4.78, 5) is 2.51. The number of para-hydroxylation sites is 1. The van der Waals surface area contributed by atoms with Crippen molar-refractivity contribution in [1.82, 2.24) is 4.90 Å². The van der Waals surface area contributed by atoms with Crippen LogP contribution in [0.1, 0.15) is 31.7 Å². The lowest BCUT2D eigenvalue weighted by Gasteiger charge is -2.17. The van der Waals surface area contributed by atoms with Gasteiger partial charge in [0.25, 0.3) is 0 Å². The molecule has 4 heteroatoms. The van der Waals surface area contributed by atoms with Crippen LogP contribution >= 0.6 is 0 Å². The fourth-order valence-electron chi connectivity index (χ4n) is 2.82. The summed E-state index contributed by atoms with van der Waals surface area (Å²) in [6.45, 7) is 7.62. The number of hydrogen-bond donors (Lipinski definition) is 1. The standard InChI is InChI=1S/C17H28N2O2/c1-2-20-16-8-5-7-15(9-10-18)17(16)21-14-6-13-19-11-3-4-12-19/h5,7-8H,2-4,6,9-14,18H2,1H3. The summed E-state index contributed by atoms with van der Waals surface area (Å²) in [6.07, 6.45) is 4.56. The smallest absolute Gasteiger partial charge is 0.164 e. The third kappa shape index (κ3) is 4.90. The molecule has 0 spiro atoms. The van der Waals surface area contributed by atoms with Gasteiger partial charge in [0.2, 0.25) is 0 Å². The topological polar surface area (TPSA) is 47.7 Å². The first-order valence-electron chi connectivity index (χ1n) is 8.15. The van der Waals surface area contributed by atoms with E-state index < -0.39 is 0 Å². The largest absolute Gasteiger partial charge is 0.490 e. The first-order valence-corrected chi connectivity index (χ1v) is 8.15. The highest BCUT2D eigenvalue weighted by Gasteiger charge is 2.13. The van der Waals surface area contributed by atoms with Gasteiger partial charge in [0.05, 0.1) is 13.2 Å². The van der Waals surface area contributed by atoms with E-state index >= 15 is 0 Å². The Hall–Kier alpha value is -1.26. The summed E-state index contributed by atoms with van der Waals surface area (Å²) < 4.78 is 11.7. The van der Waals surface area contributed by atoms with E-state index in [9.17, 15) is 0 Å². The van der Waals surface area contributed by atoms with Gasteiger partial charge in [-0.25, -0.2) is 0 Å². The predicted octanol–water partition coefficient (Wildman–Crippen LogP) is 2.45. The summed E-state index contributed by atoms with van der Waals surface area (Å²) in [7, 11) is 0. The third-order valence-electron chi connectivity index (χ3n) is 3.84. The highest BCUT2D eigenvalue weighted by Crippen LogP contribution is 2.31. The molecule has 0 bridgehead atoms. The molecule has 0 aliphatic carbocycles. The molecule has 1 saturated heterocycles. The second-order valence-corrected chi connectivity index (χ2v) is 5.47. The van der Waals surface area contributed by atoms with Gasteiger partial charge in [0.1, 0.15) is 0 Å². The minimum Gasteiger partial charge on any atom is -0.490 e. The summed E-state index contributed by atoms with van der Waals surface area (Å²) in [5.41, 5.74) is 6.83. The minimum absolute atomic E-state index is 0.625. The quantitative estimate of drug-likeness (QED) is 0.710. The number of nitrogens with zero attached hydrogens (tertiary/aromatic N) is 1. The first-order chi connectivity index (χ1) is 10.3. The zero-order chi connectivity index (χ0) is 14.9. The molecule has 118 valence electrons. The molecule has 1 aliphatic heterocycles. The predicted molar refractivity (Wildman–Crippen MR) is 86.2 cm³/mol. The Kier molecular flexibility index (Phi) is 6.83. The second-order valence-electron chi connectivity index (χ2n) is 5.47. The van der Waals surface area contributed by atoms with Crippen molar-refractivity contribution >= 4 is 0 Å². The van der Waals surface area contributed by atoms with Crippen molar-refractivity contribution in [2.75, 3.05) is 39.4 Å². The molecule has 1 aliphatic rings. The van der Waals surface area contributed by atoms with E-state index in [2.05, 4.69) is 11.0 Å². The Morgan fingerprint density at radius 1 is 1.19 bits per heavy atom. The van der Waals surface area contributed by atoms with Crippen molar-refractivity contribution in [2.45, 2.75) is 32.6 Å². The van der Waals surface area contributed by atoms with E-state index in [1.165, 1.54) is 25.9 Å². The van der Waals surface area contributed by atoms with Crippen molar-refractivity contribution in [3.8, 4) is 11.5 Å². The van der Waals surface area contributed by atoms with Gasteiger partial charge in [-0.05, 0) is 63.9 Å². The molecule has 2 N–H and O–H groups in total. The summed E-state index contributed by atoms with van der Waals surface area (Å²) in [5, 5.41) is 0. The van der Waals surface area contributed by atoms with Gasteiger partial charge in [0.15, 0.2) is 11.5 Å². The molecule has 1 aromatic rings. The highest BCUT2D eigenvalue weighted by molar-refractivity contribution is 5.46. The van der Waals surface area contributed by atoms with E-state index in [4.69, 9.17) is 15.2 Å². The zero-order valence-corrected chi connectivity index (χ0v) is 13.1. The monoisotopic (exact) mass is 292 g/mol. The number of likely N-dealkylation sites (tertiary alicyclic amines) is 1. The number of benzene rings is 1. The van der Waals surface area contributed by atoms with Crippen LogP contribution in [-0.2, 0) is 6.42 Å². The minimum atomic E-state index is 0.625. The van der Waals surface area contributed by atoms with E-state index in [1.807, 2.05) is 19.1 Å². The van der Waals surface area contributed by atoms with Gasteiger partial charge < -0.3 is 20.1 Å². The molecule has 0 aromatic heterocycles. The van der Waals surface area contributed by atoms with E-state index in [1.54, 1.807) is 0 Å². The van der Waals surface area contributed by atoms with Crippen molar-refractivity contribution in [3.63, 3.8) is 0 Å². The summed E-state index contributed by atoms with van der Waals surface area (Å²) in [5.74, 6) is 1.72. The van der Waals surface area contributed by atoms with Crippen molar-refractivity contribution in [2.24, 2.45) is 5.73 Å². The Morgan fingerprint density at radius 2 is 2.00 bits per heavy atom. The number of hydrogen-bond acceptors (Lipinski definition) is 4. The average molecular weight is 292 g/mol. The van der Waals surface area contributed by atoms with Crippen LogP contribution in [-0.4, -0.2) is 44.3 Å². The molecule has 21 heavy (non-hydrogen) atoms. The molecule has 1 heterocycles. The lowest BCUT2D eigenvalue weighted by atomic mass is 10.1. The maximum absolute atomic E-state index is 6.03. The van der Waals surface area contributed by atoms with Crippen LogP contribution in [0.4, 0.5) is 0 Å². The van der Waals surface area contributed by atoms with E-state index in [-0.39, 0.29) is 0 Å². The SMILES string of the molecule is CCOc1cccc(CCN)c1OCCCN1CCCC1. The average Bonchev–Trinajstić information content (AvgIpc) is 2.99. The molecule has 0 amide bonds. The molecule has 1 fully saturated rings. The van der Waals surface area contributed by atoms with Crippen LogP contribution in [0.25, 0.3) is 0 Å². The van der Waals surface area contributed by atoms with Crippen molar-refractivity contribution in [1.29, 1.82) is 0 Å². The van der Waals surface area contributed by atoms with Crippen LogP contribution in [0.15, 0.2) is 18.2 Å². The Bertz CT molecular complexity index is 393. The normalized spacial score (nSPS) is 15.3. The molecule has 1 aromatic carbocycles. The van der Waals surface area contributed by atoms with E-state index in [0.29, 0.717) is 13.2 Å². The lowest BCUT2D eigenvalue weighted by molar-refractivity contribution is 0.246. The van der Waals surface area contributed by atoms with Crippen molar-refractivity contribution in [3.05, 3.63) is 23.8 Å². The first kappa shape index (κ1) is 16.1. The molecule has 4 nitrogen and oxygen atoms in total. The molecule has 2 rings (SSSR count). The molecule has 0 atom stereocenters. The molecule has 0 unspecified atom stereocenters. The van der Waals surface area contributed by atoms with Crippen LogP contribution in [0.2, 0.25) is 0 Å². The van der Waals surface area contributed by atoms with Crippen LogP contribution in [0.5, 0.6) is 11.5 Å². The number of nitrogens with two attached hydrogens (primary N) is 1. The fraction of sp³-hybridized carbons (Fsp3) is 0.647. The van der Waals surface area contributed by atoms with Gasteiger partial charge in [0, 0.05) is 6.54 Å². The van der Waals surface area contributed by atoms with Crippen molar-refractivity contribution < 1.29 is 9.47 Å². The second kappa shape index (κ2) is 8.90. The summed E-state index contributed by atoms with van der Waals surface area (Å²) >= 11 is 0. The highest BCUT2D eigenvalue weighted by atomic mass is 16.5. The van der Waals surface area contributed by atoms with Gasteiger partial charge in [-0.2, -0.15) is 0 Å². The van der Waals surface area contributed by atoms with Crippen LogP contribution < -0.4 is 15.2 Å². The third-order valence-corrected chi connectivity index (χ3v) is 3.84. The number of rotatable bonds is 9. The fourth-order valence-corrected chi connectivity index (χ4v) is 2.82. The Balaban J connectivity index is 1.89. The van der Waals surface area contributed by atoms with E-state index in [0.717, 1.165) is 43.1 Å². The van der Waals surface area contributed by atoms with Gasteiger partial charge >= 0.3 is 0 Å². The molecular formula is C17H28N2O2. The molecule has 0 saturated carbocycles. The lowest BCUT2D eigenvalue weighted by Crippen LogP contribution is -2.22. The number of ether oxygens (including phenoxy) is 2. The van der Waals surface area contributed by atoms with Crippen LogP contribution in [0, 0.1) is 0 Å². The maximum Gasteiger partial charge on any atom is 0.164 e. The zero-order valence-electron chi connectivity index (χ0n) is 13.1. The van der Waals surface area contributed by atoms with Gasteiger partial charge in [-0.1, -0.05) is 12.1 Å². The Morgan fingerprint density at radius 3 is 2.71 bits per heavy atom.